The van der Waals surface area contributed by atoms with Crippen LogP contribution in [-0.4, -0.2) is 26.1 Å². The van der Waals surface area contributed by atoms with Gasteiger partial charge in [0, 0.05) is 10.6 Å². The minimum absolute atomic E-state index is 0.182. The zero-order valence-corrected chi connectivity index (χ0v) is 12.5. The zero-order valence-electron chi connectivity index (χ0n) is 11.8. The molecule has 0 aliphatic heterocycles. The van der Waals surface area contributed by atoms with Crippen molar-refractivity contribution in [2.24, 2.45) is 0 Å². The second-order valence-corrected chi connectivity index (χ2v) is 5.32. The molecule has 116 valence electrons. The first-order valence-corrected chi connectivity index (χ1v) is 7.09. The highest BCUT2D eigenvalue weighted by Gasteiger charge is 2.20. The van der Waals surface area contributed by atoms with E-state index in [1.807, 2.05) is 6.07 Å². The highest BCUT2D eigenvalue weighted by atomic mass is 35.5. The van der Waals surface area contributed by atoms with Gasteiger partial charge in [-0.3, -0.25) is 0 Å². The highest BCUT2D eigenvalue weighted by molar-refractivity contribution is 6.30. The van der Waals surface area contributed by atoms with Crippen LogP contribution in [0.25, 0.3) is 11.3 Å². The molecule has 0 aliphatic rings. The molecule has 0 amide bonds. The van der Waals surface area contributed by atoms with Crippen LogP contribution in [0.3, 0.4) is 0 Å². The van der Waals surface area contributed by atoms with Gasteiger partial charge >= 0.3 is 5.97 Å². The van der Waals surface area contributed by atoms with Crippen molar-refractivity contribution in [3.05, 3.63) is 70.6 Å². The van der Waals surface area contributed by atoms with Crippen LogP contribution in [0.2, 0.25) is 5.02 Å². The van der Waals surface area contributed by atoms with Gasteiger partial charge in [0.25, 0.3) is 0 Å². The summed E-state index contributed by atoms with van der Waals surface area (Å²) in [6.45, 7) is 0.299. The molecule has 1 N–H and O–H groups in total. The molecule has 0 saturated heterocycles. The minimum Gasteiger partial charge on any atom is -0.476 e. The number of aromatic nitrogens is 3. The van der Waals surface area contributed by atoms with E-state index in [9.17, 15) is 14.3 Å². The maximum atomic E-state index is 13.1. The number of nitrogens with zero attached hydrogens (tertiary/aromatic N) is 3. The molecule has 0 bridgehead atoms. The summed E-state index contributed by atoms with van der Waals surface area (Å²) < 4.78 is 14.6. The van der Waals surface area contributed by atoms with Crippen molar-refractivity contribution < 1.29 is 14.3 Å². The molecule has 3 rings (SSSR count). The molecule has 0 saturated carbocycles. The summed E-state index contributed by atoms with van der Waals surface area (Å²) in [4.78, 5) is 11.4. The summed E-state index contributed by atoms with van der Waals surface area (Å²) in [6, 6.07) is 12.7. The van der Waals surface area contributed by atoms with Gasteiger partial charge in [0.15, 0.2) is 5.69 Å². The minimum atomic E-state index is -1.19. The molecule has 0 spiro atoms. The van der Waals surface area contributed by atoms with Crippen LogP contribution in [0, 0.1) is 5.82 Å². The number of hydrogen-bond donors (Lipinski definition) is 1. The van der Waals surface area contributed by atoms with E-state index in [1.54, 1.807) is 18.2 Å². The maximum Gasteiger partial charge on any atom is 0.358 e. The van der Waals surface area contributed by atoms with E-state index in [0.29, 0.717) is 22.8 Å². The van der Waals surface area contributed by atoms with Gasteiger partial charge in [-0.1, -0.05) is 28.9 Å². The van der Waals surface area contributed by atoms with E-state index in [-0.39, 0.29) is 5.69 Å². The molecular formula is C16H11ClFN3O2. The summed E-state index contributed by atoms with van der Waals surface area (Å²) in [7, 11) is 0. The lowest BCUT2D eigenvalue weighted by molar-refractivity contribution is 0.0691. The topological polar surface area (TPSA) is 68.0 Å². The lowest BCUT2D eigenvalue weighted by atomic mass is 10.1. The molecule has 5 nitrogen and oxygen atoms in total. The summed E-state index contributed by atoms with van der Waals surface area (Å²) >= 11 is 5.96. The fourth-order valence-electron chi connectivity index (χ4n) is 2.27. The Morgan fingerprint density at radius 3 is 2.61 bits per heavy atom. The summed E-state index contributed by atoms with van der Waals surface area (Å²) in [5.74, 6) is -1.60. The quantitative estimate of drug-likeness (QED) is 0.794. The van der Waals surface area contributed by atoms with E-state index in [4.69, 9.17) is 11.6 Å². The smallest absolute Gasteiger partial charge is 0.358 e. The van der Waals surface area contributed by atoms with Gasteiger partial charge in [-0.2, -0.15) is 0 Å². The largest absolute Gasteiger partial charge is 0.476 e. The van der Waals surface area contributed by atoms with Crippen LogP contribution in [-0.2, 0) is 6.54 Å². The molecule has 2 aromatic carbocycles. The molecule has 0 unspecified atom stereocenters. The van der Waals surface area contributed by atoms with Crippen LogP contribution < -0.4 is 0 Å². The van der Waals surface area contributed by atoms with Crippen LogP contribution in [0.1, 0.15) is 16.1 Å². The fraction of sp³-hybridized carbons (Fsp3) is 0.0625. The molecule has 23 heavy (non-hydrogen) atoms. The van der Waals surface area contributed by atoms with Crippen molar-refractivity contribution in [1.29, 1.82) is 0 Å². The highest BCUT2D eigenvalue weighted by Crippen LogP contribution is 2.24. The second kappa shape index (κ2) is 6.18. The first-order valence-electron chi connectivity index (χ1n) is 6.72. The van der Waals surface area contributed by atoms with Gasteiger partial charge in [-0.25, -0.2) is 13.9 Å². The predicted octanol–water partition coefficient (Wildman–Crippen LogP) is 3.48. The van der Waals surface area contributed by atoms with Crippen molar-refractivity contribution in [2.45, 2.75) is 6.54 Å². The van der Waals surface area contributed by atoms with Crippen LogP contribution in [0.4, 0.5) is 4.39 Å². The Labute approximate surface area is 135 Å². The molecule has 0 aliphatic carbocycles. The van der Waals surface area contributed by atoms with Crippen molar-refractivity contribution in [1.82, 2.24) is 15.0 Å². The maximum absolute atomic E-state index is 13.1. The number of rotatable bonds is 4. The van der Waals surface area contributed by atoms with Crippen molar-refractivity contribution >= 4 is 17.6 Å². The molecule has 3 aromatic rings. The van der Waals surface area contributed by atoms with Crippen molar-refractivity contribution in [2.75, 3.05) is 0 Å². The van der Waals surface area contributed by atoms with Crippen LogP contribution >= 0.6 is 11.6 Å². The Kier molecular flexibility index (Phi) is 4.08. The zero-order chi connectivity index (χ0) is 16.4. The van der Waals surface area contributed by atoms with E-state index < -0.39 is 11.8 Å². The molecule has 7 heteroatoms. The third-order valence-corrected chi connectivity index (χ3v) is 3.51. The Hall–Kier alpha value is -2.73. The normalized spacial score (nSPS) is 10.7. The lowest BCUT2D eigenvalue weighted by Gasteiger charge is -2.08. The Morgan fingerprint density at radius 1 is 1.22 bits per heavy atom. The predicted molar refractivity (Wildman–Crippen MR) is 82.9 cm³/mol. The number of carboxylic acid groups (broad SMARTS) is 1. The molecule has 1 heterocycles. The summed E-state index contributed by atoms with van der Waals surface area (Å²) in [5, 5.41) is 17.5. The summed E-state index contributed by atoms with van der Waals surface area (Å²) in [6.07, 6.45) is 0. The number of hydrogen-bond acceptors (Lipinski definition) is 3. The monoisotopic (exact) mass is 331 g/mol. The SMILES string of the molecule is O=C(O)c1nnn(Cc2cccc(Cl)c2)c1-c1ccc(F)cc1. The van der Waals surface area contributed by atoms with E-state index in [0.717, 1.165) is 5.56 Å². The van der Waals surface area contributed by atoms with Crippen molar-refractivity contribution in [3.8, 4) is 11.3 Å². The van der Waals surface area contributed by atoms with Gasteiger partial charge < -0.3 is 5.11 Å². The number of halogens is 2. The van der Waals surface area contributed by atoms with Crippen LogP contribution in [0.5, 0.6) is 0 Å². The number of aromatic carboxylic acids is 1. The Morgan fingerprint density at radius 2 is 1.96 bits per heavy atom. The number of benzene rings is 2. The average Bonchev–Trinajstić information content (AvgIpc) is 2.92. The fourth-order valence-corrected chi connectivity index (χ4v) is 2.48. The molecule has 0 atom stereocenters. The van der Waals surface area contributed by atoms with Gasteiger partial charge in [-0.15, -0.1) is 5.10 Å². The number of carbonyl (C=O) groups is 1. The molecule has 1 aromatic heterocycles. The number of carboxylic acids is 1. The lowest BCUT2D eigenvalue weighted by Crippen LogP contribution is -2.06. The first kappa shape index (κ1) is 15.2. The van der Waals surface area contributed by atoms with Gasteiger partial charge in [-0.05, 0) is 42.0 Å². The molecule has 0 fully saturated rings. The second-order valence-electron chi connectivity index (χ2n) is 4.89. The third kappa shape index (κ3) is 3.22. The summed E-state index contributed by atoms with van der Waals surface area (Å²) in [5.41, 5.74) is 1.51. The van der Waals surface area contributed by atoms with E-state index in [2.05, 4.69) is 10.3 Å². The van der Waals surface area contributed by atoms with Gasteiger partial charge in [0.05, 0.1) is 6.54 Å². The standard InChI is InChI=1S/C16H11ClFN3O2/c17-12-3-1-2-10(8-12)9-21-15(14(16(22)23)19-20-21)11-4-6-13(18)7-5-11/h1-8H,9H2,(H,22,23). The van der Waals surface area contributed by atoms with Crippen molar-refractivity contribution in [3.63, 3.8) is 0 Å². The molecular weight excluding hydrogens is 321 g/mol. The third-order valence-electron chi connectivity index (χ3n) is 3.28. The average molecular weight is 332 g/mol. The Balaban J connectivity index is 2.07. The van der Waals surface area contributed by atoms with Gasteiger partial charge in [0.2, 0.25) is 0 Å². The van der Waals surface area contributed by atoms with E-state index in [1.165, 1.54) is 28.9 Å². The molecule has 0 radical (unpaired) electrons. The van der Waals surface area contributed by atoms with E-state index >= 15 is 0 Å². The Bertz CT molecular complexity index is 862. The first-order chi connectivity index (χ1) is 11.0. The van der Waals surface area contributed by atoms with Crippen LogP contribution in [0.15, 0.2) is 48.5 Å². The van der Waals surface area contributed by atoms with Gasteiger partial charge in [0.1, 0.15) is 11.5 Å².